The zero-order valence-corrected chi connectivity index (χ0v) is 16.6. The zero-order chi connectivity index (χ0) is 20.5. The smallest absolute Gasteiger partial charge is 0.251 e. The van der Waals surface area contributed by atoms with E-state index in [1.807, 2.05) is 35.2 Å². The van der Waals surface area contributed by atoms with Gasteiger partial charge in [0.05, 0.1) is 0 Å². The first-order chi connectivity index (χ1) is 14.1. The van der Waals surface area contributed by atoms with Crippen molar-refractivity contribution in [2.75, 3.05) is 32.7 Å². The minimum atomic E-state index is -0.221. The molecule has 0 aromatic heterocycles. The fourth-order valence-corrected chi connectivity index (χ4v) is 3.52. The highest BCUT2D eigenvalue weighted by Crippen LogP contribution is 2.11. The van der Waals surface area contributed by atoms with Crippen LogP contribution in [0.3, 0.4) is 0 Å². The topological polar surface area (TPSA) is 52.7 Å². The highest BCUT2D eigenvalue weighted by atomic mass is 19.1. The van der Waals surface area contributed by atoms with Crippen molar-refractivity contribution in [3.63, 3.8) is 0 Å². The van der Waals surface area contributed by atoms with Gasteiger partial charge in [-0.25, -0.2) is 4.39 Å². The van der Waals surface area contributed by atoms with Crippen LogP contribution in [0.25, 0.3) is 0 Å². The number of halogens is 1. The van der Waals surface area contributed by atoms with Gasteiger partial charge in [-0.2, -0.15) is 0 Å². The molecular formula is C23H28FN3O2. The van der Waals surface area contributed by atoms with Crippen molar-refractivity contribution < 1.29 is 14.0 Å². The van der Waals surface area contributed by atoms with Crippen LogP contribution < -0.4 is 5.32 Å². The van der Waals surface area contributed by atoms with Crippen molar-refractivity contribution in [1.29, 1.82) is 0 Å². The third-order valence-electron chi connectivity index (χ3n) is 5.15. The average Bonchev–Trinajstić information content (AvgIpc) is 2.99. The van der Waals surface area contributed by atoms with Crippen molar-refractivity contribution in [3.8, 4) is 0 Å². The Hall–Kier alpha value is -2.73. The van der Waals surface area contributed by atoms with Crippen LogP contribution in [0.5, 0.6) is 0 Å². The molecule has 1 aliphatic rings. The average molecular weight is 397 g/mol. The Morgan fingerprint density at radius 1 is 0.931 bits per heavy atom. The van der Waals surface area contributed by atoms with Crippen molar-refractivity contribution >= 4 is 11.8 Å². The highest BCUT2D eigenvalue weighted by molar-refractivity contribution is 5.94. The summed E-state index contributed by atoms with van der Waals surface area (Å²) in [7, 11) is 0. The first-order valence-electron chi connectivity index (χ1n) is 10.2. The molecule has 2 aromatic carbocycles. The van der Waals surface area contributed by atoms with Crippen LogP contribution in [-0.2, 0) is 11.3 Å². The molecule has 29 heavy (non-hydrogen) atoms. The summed E-state index contributed by atoms with van der Waals surface area (Å²) < 4.78 is 13.0. The SMILES string of the molecule is O=C(NCCCC(=O)N1CCCN(Cc2ccc(F)cc2)CC1)c1ccccc1. The van der Waals surface area contributed by atoms with Crippen molar-refractivity contribution in [2.24, 2.45) is 0 Å². The molecule has 0 spiro atoms. The van der Waals surface area contributed by atoms with Crippen LogP contribution in [0.2, 0.25) is 0 Å². The molecule has 154 valence electrons. The second-order valence-corrected chi connectivity index (χ2v) is 7.36. The van der Waals surface area contributed by atoms with E-state index >= 15 is 0 Å². The standard InChI is InChI=1S/C23H28FN3O2/c24-21-11-9-19(10-12-21)18-26-14-5-15-27(17-16-26)22(28)8-4-13-25-23(29)20-6-2-1-3-7-20/h1-3,6-7,9-12H,4-5,8,13-18H2,(H,25,29). The summed E-state index contributed by atoms with van der Waals surface area (Å²) in [5.41, 5.74) is 1.72. The number of rotatable bonds is 7. The molecule has 2 aromatic rings. The Labute approximate surface area is 171 Å². The Bertz CT molecular complexity index is 796. The first-order valence-corrected chi connectivity index (χ1v) is 10.2. The largest absolute Gasteiger partial charge is 0.352 e. The Kier molecular flexibility index (Phi) is 7.76. The summed E-state index contributed by atoms with van der Waals surface area (Å²) in [5, 5.41) is 2.86. The van der Waals surface area contributed by atoms with Gasteiger partial charge in [-0.1, -0.05) is 30.3 Å². The van der Waals surface area contributed by atoms with Crippen LogP contribution >= 0.6 is 0 Å². The van der Waals surface area contributed by atoms with E-state index in [1.54, 1.807) is 12.1 Å². The monoisotopic (exact) mass is 397 g/mol. The molecular weight excluding hydrogens is 369 g/mol. The summed E-state index contributed by atoms with van der Waals surface area (Å²) >= 11 is 0. The van der Waals surface area contributed by atoms with Crippen molar-refractivity contribution in [1.82, 2.24) is 15.1 Å². The van der Waals surface area contributed by atoms with Crippen LogP contribution in [0, 0.1) is 5.82 Å². The summed E-state index contributed by atoms with van der Waals surface area (Å²) in [5.74, 6) is -0.187. The maximum absolute atomic E-state index is 13.0. The quantitative estimate of drug-likeness (QED) is 0.731. The third-order valence-corrected chi connectivity index (χ3v) is 5.15. The minimum Gasteiger partial charge on any atom is -0.352 e. The summed E-state index contributed by atoms with van der Waals surface area (Å²) in [6, 6.07) is 15.7. The number of nitrogens with zero attached hydrogens (tertiary/aromatic N) is 2. The van der Waals surface area contributed by atoms with Gasteiger partial charge in [0.25, 0.3) is 5.91 Å². The molecule has 1 N–H and O–H groups in total. The van der Waals surface area contributed by atoms with E-state index in [0.29, 0.717) is 31.5 Å². The lowest BCUT2D eigenvalue weighted by molar-refractivity contribution is -0.131. The third kappa shape index (κ3) is 6.68. The van der Waals surface area contributed by atoms with E-state index in [1.165, 1.54) is 12.1 Å². The Balaban J connectivity index is 1.36. The first kappa shape index (κ1) is 21.0. The highest BCUT2D eigenvalue weighted by Gasteiger charge is 2.19. The number of nitrogens with one attached hydrogen (secondary N) is 1. The predicted octanol–water partition coefficient (Wildman–Crippen LogP) is 3.07. The zero-order valence-electron chi connectivity index (χ0n) is 16.6. The second-order valence-electron chi connectivity index (χ2n) is 7.36. The van der Waals surface area contributed by atoms with Gasteiger partial charge in [0.1, 0.15) is 5.82 Å². The molecule has 6 heteroatoms. The molecule has 0 saturated carbocycles. The molecule has 3 rings (SSSR count). The van der Waals surface area contributed by atoms with Crippen LogP contribution in [0.15, 0.2) is 54.6 Å². The number of carbonyl (C=O) groups is 2. The van der Waals surface area contributed by atoms with Crippen LogP contribution in [0.4, 0.5) is 4.39 Å². The molecule has 1 fully saturated rings. The van der Waals surface area contributed by atoms with Crippen LogP contribution in [0.1, 0.15) is 35.2 Å². The molecule has 0 radical (unpaired) electrons. The second kappa shape index (κ2) is 10.7. The summed E-state index contributed by atoms with van der Waals surface area (Å²) in [6.07, 6.45) is 2.00. The van der Waals surface area contributed by atoms with E-state index in [2.05, 4.69) is 10.2 Å². The number of hydrogen-bond acceptors (Lipinski definition) is 3. The van der Waals surface area contributed by atoms with Gasteiger partial charge in [0.2, 0.25) is 5.91 Å². The fraction of sp³-hybridized carbons (Fsp3) is 0.391. The minimum absolute atomic E-state index is 0.107. The van der Waals surface area contributed by atoms with Crippen LogP contribution in [-0.4, -0.2) is 54.3 Å². The summed E-state index contributed by atoms with van der Waals surface area (Å²) in [6.45, 7) is 4.46. The number of benzene rings is 2. The van der Waals surface area contributed by atoms with Gasteiger partial charge in [-0.05, 0) is 42.7 Å². The molecule has 5 nitrogen and oxygen atoms in total. The fourth-order valence-electron chi connectivity index (χ4n) is 3.52. The van der Waals surface area contributed by atoms with E-state index in [9.17, 15) is 14.0 Å². The lowest BCUT2D eigenvalue weighted by atomic mass is 10.2. The molecule has 0 unspecified atom stereocenters. The van der Waals surface area contributed by atoms with Gasteiger partial charge in [-0.15, -0.1) is 0 Å². The van der Waals surface area contributed by atoms with Gasteiger partial charge in [-0.3, -0.25) is 14.5 Å². The molecule has 2 amide bonds. The predicted molar refractivity (Wildman–Crippen MR) is 111 cm³/mol. The number of carbonyl (C=O) groups excluding carboxylic acids is 2. The normalized spacial score (nSPS) is 15.0. The summed E-state index contributed by atoms with van der Waals surface area (Å²) in [4.78, 5) is 28.8. The molecule has 1 aliphatic heterocycles. The van der Waals surface area contributed by atoms with E-state index in [4.69, 9.17) is 0 Å². The molecule has 1 saturated heterocycles. The van der Waals surface area contributed by atoms with Gasteiger partial charge in [0.15, 0.2) is 0 Å². The number of hydrogen-bond donors (Lipinski definition) is 1. The van der Waals surface area contributed by atoms with Gasteiger partial charge in [0, 0.05) is 51.3 Å². The Morgan fingerprint density at radius 2 is 1.69 bits per heavy atom. The number of amides is 2. The molecule has 0 bridgehead atoms. The maximum Gasteiger partial charge on any atom is 0.251 e. The molecule has 0 atom stereocenters. The lowest BCUT2D eigenvalue weighted by Gasteiger charge is -2.22. The van der Waals surface area contributed by atoms with Gasteiger partial charge < -0.3 is 10.2 Å². The Morgan fingerprint density at radius 3 is 2.45 bits per heavy atom. The molecule has 1 heterocycles. The van der Waals surface area contributed by atoms with Crippen molar-refractivity contribution in [3.05, 3.63) is 71.5 Å². The van der Waals surface area contributed by atoms with E-state index in [0.717, 1.165) is 38.2 Å². The van der Waals surface area contributed by atoms with Gasteiger partial charge >= 0.3 is 0 Å². The van der Waals surface area contributed by atoms with Crippen molar-refractivity contribution in [2.45, 2.75) is 25.8 Å². The van der Waals surface area contributed by atoms with E-state index in [-0.39, 0.29) is 17.6 Å². The molecule has 0 aliphatic carbocycles. The maximum atomic E-state index is 13.0. The lowest BCUT2D eigenvalue weighted by Crippen LogP contribution is -2.35. The van der Waals surface area contributed by atoms with E-state index < -0.39 is 0 Å².